The molecule has 3 aromatic rings. The number of thiophene rings is 1. The Morgan fingerprint density at radius 1 is 0.963 bits per heavy atom. The Hall–Kier alpha value is -3.69. The molecular formula is C18H15N5O3S. The molecule has 9 heteroatoms. The number of aromatic nitrogens is 1. The first-order valence-electron chi connectivity index (χ1n) is 7.62. The van der Waals surface area contributed by atoms with E-state index in [-0.39, 0.29) is 16.9 Å². The Morgan fingerprint density at radius 3 is 2.04 bits per heavy atom. The van der Waals surface area contributed by atoms with Gasteiger partial charge in [0.15, 0.2) is 11.5 Å². The number of nitrogens with zero attached hydrogens (tertiary/aromatic N) is 3. The second kappa shape index (κ2) is 6.90. The molecule has 0 amide bonds. The van der Waals surface area contributed by atoms with Crippen LogP contribution in [0, 0.1) is 22.7 Å². The van der Waals surface area contributed by atoms with Crippen molar-refractivity contribution in [3.05, 3.63) is 23.3 Å². The first kappa shape index (κ1) is 18.1. The van der Waals surface area contributed by atoms with Gasteiger partial charge in [-0.15, -0.1) is 0 Å². The van der Waals surface area contributed by atoms with Gasteiger partial charge in [-0.3, -0.25) is 0 Å². The van der Waals surface area contributed by atoms with Gasteiger partial charge in [0.1, 0.15) is 33.4 Å². The monoisotopic (exact) mass is 381 g/mol. The van der Waals surface area contributed by atoms with E-state index in [1.54, 1.807) is 12.1 Å². The first-order chi connectivity index (χ1) is 13.0. The molecule has 4 N–H and O–H groups in total. The predicted octanol–water partition coefficient (Wildman–Crippen LogP) is 2.90. The van der Waals surface area contributed by atoms with Crippen LogP contribution in [0.4, 0.5) is 10.8 Å². The third-order valence-corrected chi connectivity index (χ3v) is 4.98. The van der Waals surface area contributed by atoms with Gasteiger partial charge in [0, 0.05) is 10.9 Å². The zero-order valence-corrected chi connectivity index (χ0v) is 15.6. The summed E-state index contributed by atoms with van der Waals surface area (Å²) in [5.41, 5.74) is 13.4. The number of methoxy groups -OCH3 is 3. The van der Waals surface area contributed by atoms with Crippen molar-refractivity contribution in [1.29, 1.82) is 10.5 Å². The molecule has 1 aromatic carbocycles. The van der Waals surface area contributed by atoms with E-state index >= 15 is 0 Å². The third kappa shape index (κ3) is 2.71. The lowest BCUT2D eigenvalue weighted by Gasteiger charge is -2.16. The Balaban J connectivity index is 2.51. The highest BCUT2D eigenvalue weighted by Crippen LogP contribution is 2.46. The van der Waals surface area contributed by atoms with E-state index in [1.807, 2.05) is 0 Å². The van der Waals surface area contributed by atoms with Crippen LogP contribution in [0.1, 0.15) is 11.1 Å². The van der Waals surface area contributed by atoms with Crippen molar-refractivity contribution < 1.29 is 14.2 Å². The molecule has 0 fully saturated rings. The fourth-order valence-corrected chi connectivity index (χ4v) is 3.81. The van der Waals surface area contributed by atoms with Gasteiger partial charge >= 0.3 is 0 Å². The summed E-state index contributed by atoms with van der Waals surface area (Å²) >= 11 is 1.14. The van der Waals surface area contributed by atoms with Gasteiger partial charge in [-0.25, -0.2) is 4.98 Å². The van der Waals surface area contributed by atoms with Gasteiger partial charge < -0.3 is 25.7 Å². The van der Waals surface area contributed by atoms with Crippen molar-refractivity contribution in [2.45, 2.75) is 0 Å². The van der Waals surface area contributed by atoms with Gasteiger partial charge in [0.25, 0.3) is 0 Å². The minimum Gasteiger partial charge on any atom is -0.493 e. The molecule has 136 valence electrons. The molecular weight excluding hydrogens is 366 g/mol. The lowest BCUT2D eigenvalue weighted by Crippen LogP contribution is -2.00. The number of ether oxygens (including phenoxy) is 3. The van der Waals surface area contributed by atoms with Gasteiger partial charge in [0.2, 0.25) is 5.75 Å². The minimum atomic E-state index is 0.0551. The Kier molecular flexibility index (Phi) is 4.63. The molecule has 0 aliphatic carbocycles. The zero-order valence-electron chi connectivity index (χ0n) is 14.8. The smallest absolute Gasteiger partial charge is 0.203 e. The Bertz CT molecular complexity index is 1120. The molecule has 0 radical (unpaired) electrons. The fourth-order valence-electron chi connectivity index (χ4n) is 2.90. The van der Waals surface area contributed by atoms with E-state index in [0.29, 0.717) is 43.6 Å². The topological polar surface area (TPSA) is 140 Å². The summed E-state index contributed by atoms with van der Waals surface area (Å²) in [5, 5.41) is 20.0. The molecule has 0 spiro atoms. The first-order valence-corrected chi connectivity index (χ1v) is 8.44. The minimum absolute atomic E-state index is 0.0551. The van der Waals surface area contributed by atoms with Crippen molar-refractivity contribution in [1.82, 2.24) is 4.98 Å². The summed E-state index contributed by atoms with van der Waals surface area (Å²) in [6.45, 7) is 0. The lowest BCUT2D eigenvalue weighted by atomic mass is 9.95. The van der Waals surface area contributed by atoms with Crippen LogP contribution >= 0.6 is 11.3 Å². The van der Waals surface area contributed by atoms with Crippen LogP contribution in [0.25, 0.3) is 21.3 Å². The van der Waals surface area contributed by atoms with Gasteiger partial charge in [0.05, 0.1) is 26.9 Å². The summed E-state index contributed by atoms with van der Waals surface area (Å²) in [6.07, 6.45) is 0. The third-order valence-electron chi connectivity index (χ3n) is 4.07. The molecule has 0 aliphatic heterocycles. The molecule has 8 nitrogen and oxygen atoms in total. The van der Waals surface area contributed by atoms with Gasteiger partial charge in [-0.1, -0.05) is 11.3 Å². The largest absolute Gasteiger partial charge is 0.493 e. The van der Waals surface area contributed by atoms with Crippen molar-refractivity contribution in [3.8, 4) is 40.5 Å². The number of hydrogen-bond acceptors (Lipinski definition) is 9. The number of nitriles is 2. The summed E-state index contributed by atoms with van der Waals surface area (Å²) in [6, 6.07) is 7.53. The average molecular weight is 381 g/mol. The molecule has 0 aliphatic rings. The molecule has 0 atom stereocenters. The van der Waals surface area contributed by atoms with Crippen LogP contribution in [0.15, 0.2) is 12.1 Å². The highest BCUT2D eigenvalue weighted by atomic mass is 32.1. The lowest BCUT2D eigenvalue weighted by molar-refractivity contribution is 0.324. The molecule has 0 bridgehead atoms. The number of nitrogens with two attached hydrogens (primary N) is 2. The van der Waals surface area contributed by atoms with E-state index in [1.165, 1.54) is 21.3 Å². The molecule has 2 aromatic heterocycles. The van der Waals surface area contributed by atoms with Crippen molar-refractivity contribution in [2.24, 2.45) is 0 Å². The Labute approximate surface area is 159 Å². The average Bonchev–Trinajstić information content (AvgIpc) is 2.99. The number of pyridine rings is 1. The summed E-state index contributed by atoms with van der Waals surface area (Å²) in [4.78, 5) is 4.71. The molecule has 3 rings (SSSR count). The van der Waals surface area contributed by atoms with Crippen LogP contribution < -0.4 is 25.7 Å². The number of benzene rings is 1. The van der Waals surface area contributed by atoms with Crippen LogP contribution in [0.3, 0.4) is 0 Å². The zero-order chi connectivity index (χ0) is 19.7. The number of hydrogen-bond donors (Lipinski definition) is 2. The quantitative estimate of drug-likeness (QED) is 0.703. The summed E-state index contributed by atoms with van der Waals surface area (Å²) < 4.78 is 16.1. The maximum Gasteiger partial charge on any atom is 0.203 e. The molecule has 27 heavy (non-hydrogen) atoms. The predicted molar refractivity (Wildman–Crippen MR) is 103 cm³/mol. The van der Waals surface area contributed by atoms with Crippen LogP contribution in [-0.2, 0) is 0 Å². The molecule has 2 heterocycles. The van der Waals surface area contributed by atoms with E-state index in [4.69, 9.17) is 25.7 Å². The molecule has 0 saturated carbocycles. The summed E-state index contributed by atoms with van der Waals surface area (Å²) in [5.74, 6) is 1.27. The van der Waals surface area contributed by atoms with Crippen LogP contribution in [0.2, 0.25) is 0 Å². The van der Waals surface area contributed by atoms with Gasteiger partial charge in [-0.05, 0) is 17.7 Å². The highest BCUT2D eigenvalue weighted by molar-refractivity contribution is 7.22. The fraction of sp³-hybridized carbons (Fsp3) is 0.167. The SMILES string of the molecule is COc1cc(-c2c(C#N)c(N)nc3sc(N)c(C#N)c23)cc(OC)c1OC. The second-order valence-electron chi connectivity index (χ2n) is 5.41. The highest BCUT2D eigenvalue weighted by Gasteiger charge is 2.24. The Morgan fingerprint density at radius 2 is 1.56 bits per heavy atom. The van der Waals surface area contributed by atoms with Crippen LogP contribution in [0.5, 0.6) is 17.2 Å². The normalized spacial score (nSPS) is 10.3. The van der Waals surface area contributed by atoms with Crippen molar-refractivity contribution >= 4 is 32.4 Å². The number of rotatable bonds is 4. The maximum absolute atomic E-state index is 9.68. The van der Waals surface area contributed by atoms with Crippen molar-refractivity contribution in [3.63, 3.8) is 0 Å². The standard InChI is InChI=1S/C18H15N5O3S/c1-24-11-4-8(5-12(25-2)15(11)26-3)13-9(6-19)16(21)23-18-14(13)10(7-20)17(22)27-18/h4-5H,22H2,1-3H3,(H2,21,23). The molecule has 0 unspecified atom stereocenters. The number of anilines is 2. The van der Waals surface area contributed by atoms with E-state index in [9.17, 15) is 10.5 Å². The van der Waals surface area contributed by atoms with Crippen molar-refractivity contribution in [2.75, 3.05) is 32.8 Å². The number of fused-ring (bicyclic) bond motifs is 1. The molecule has 0 saturated heterocycles. The van der Waals surface area contributed by atoms with E-state index in [2.05, 4.69) is 17.1 Å². The maximum atomic E-state index is 9.68. The number of nitrogen functional groups attached to an aromatic ring is 2. The van der Waals surface area contributed by atoms with E-state index in [0.717, 1.165) is 11.3 Å². The van der Waals surface area contributed by atoms with Crippen LogP contribution in [-0.4, -0.2) is 26.3 Å². The second-order valence-corrected chi connectivity index (χ2v) is 6.44. The van der Waals surface area contributed by atoms with E-state index < -0.39 is 0 Å². The van der Waals surface area contributed by atoms with Gasteiger partial charge in [-0.2, -0.15) is 10.5 Å². The summed E-state index contributed by atoms with van der Waals surface area (Å²) in [7, 11) is 4.48.